The van der Waals surface area contributed by atoms with Gasteiger partial charge in [0, 0.05) is 21.6 Å². The number of sulfonamides is 1. The molecule has 2 aromatic carbocycles. The Hall–Kier alpha value is -1.47. The Kier molecular flexibility index (Phi) is 5.75. The minimum Gasteiger partial charge on any atom is -0.333 e. The second-order valence-electron chi connectivity index (χ2n) is 4.48. The highest BCUT2D eigenvalue weighted by atomic mass is 35.5. The average molecular weight is 394 g/mol. The van der Waals surface area contributed by atoms with E-state index < -0.39 is 16.1 Å². The predicted molar refractivity (Wildman–Crippen MR) is 90.5 cm³/mol. The smallest absolute Gasteiger partial charge is 0.328 e. The predicted octanol–water partition coefficient (Wildman–Crippen LogP) is 3.83. The summed E-state index contributed by atoms with van der Waals surface area (Å²) in [5, 5.41) is 3.65. The third-order valence-corrected chi connectivity index (χ3v) is 4.99. The molecule has 2 amide bonds. The molecule has 2 aromatic rings. The summed E-state index contributed by atoms with van der Waals surface area (Å²) in [6.45, 7) is 0.0535. The molecule has 2 rings (SSSR count). The van der Waals surface area contributed by atoms with Crippen LogP contribution >= 0.6 is 34.8 Å². The molecule has 9 heteroatoms. The molecule has 5 nitrogen and oxygen atoms in total. The van der Waals surface area contributed by atoms with E-state index in [1.807, 2.05) is 4.72 Å². The molecule has 0 bridgehead atoms. The van der Waals surface area contributed by atoms with E-state index in [2.05, 4.69) is 5.32 Å². The van der Waals surface area contributed by atoms with Gasteiger partial charge in [-0.15, -0.1) is 0 Å². The van der Waals surface area contributed by atoms with Crippen LogP contribution in [-0.4, -0.2) is 14.4 Å². The summed E-state index contributed by atoms with van der Waals surface area (Å²) >= 11 is 17.4. The van der Waals surface area contributed by atoms with Gasteiger partial charge in [0.2, 0.25) is 0 Å². The van der Waals surface area contributed by atoms with Crippen LogP contribution in [0.15, 0.2) is 47.4 Å². The fourth-order valence-electron chi connectivity index (χ4n) is 1.67. The van der Waals surface area contributed by atoms with Crippen molar-refractivity contribution in [1.29, 1.82) is 0 Å². The van der Waals surface area contributed by atoms with E-state index in [-0.39, 0.29) is 11.4 Å². The lowest BCUT2D eigenvalue weighted by Crippen LogP contribution is -2.39. The molecule has 0 aliphatic rings. The molecule has 2 N–H and O–H groups in total. The van der Waals surface area contributed by atoms with Crippen molar-refractivity contribution in [3.8, 4) is 0 Å². The fraction of sp³-hybridized carbons (Fsp3) is 0.0714. The van der Waals surface area contributed by atoms with Gasteiger partial charge in [-0.05, 0) is 42.0 Å². The molecule has 0 fully saturated rings. The zero-order chi connectivity index (χ0) is 17.0. The molecule has 0 saturated carbocycles. The van der Waals surface area contributed by atoms with Crippen LogP contribution in [0.25, 0.3) is 0 Å². The van der Waals surface area contributed by atoms with Gasteiger partial charge in [-0.25, -0.2) is 17.9 Å². The number of rotatable bonds is 4. The van der Waals surface area contributed by atoms with Gasteiger partial charge in [0.05, 0.1) is 4.90 Å². The van der Waals surface area contributed by atoms with Crippen molar-refractivity contribution in [2.45, 2.75) is 11.4 Å². The molecular weight excluding hydrogens is 383 g/mol. The monoisotopic (exact) mass is 392 g/mol. The Morgan fingerprint density at radius 3 is 2.17 bits per heavy atom. The van der Waals surface area contributed by atoms with Gasteiger partial charge < -0.3 is 5.32 Å². The van der Waals surface area contributed by atoms with E-state index in [9.17, 15) is 13.2 Å². The van der Waals surface area contributed by atoms with Crippen molar-refractivity contribution in [2.24, 2.45) is 0 Å². The van der Waals surface area contributed by atoms with Gasteiger partial charge in [0.25, 0.3) is 10.0 Å². The van der Waals surface area contributed by atoms with Crippen LogP contribution < -0.4 is 10.0 Å². The van der Waals surface area contributed by atoms with Crippen molar-refractivity contribution >= 4 is 50.9 Å². The number of benzene rings is 2. The standard InChI is InChI=1S/C14H11Cl3N2O3S/c15-10-3-5-12(6-4-10)23(21,22)19-14(20)18-8-9-1-2-11(16)7-13(9)17/h1-7H,8H2,(H2,18,19,20). The van der Waals surface area contributed by atoms with Crippen molar-refractivity contribution < 1.29 is 13.2 Å². The molecule has 0 unspecified atom stereocenters. The summed E-state index contributed by atoms with van der Waals surface area (Å²) in [5.41, 5.74) is 0.607. The quantitative estimate of drug-likeness (QED) is 0.829. The average Bonchev–Trinajstić information content (AvgIpc) is 2.46. The Bertz CT molecular complexity index is 824. The van der Waals surface area contributed by atoms with Crippen LogP contribution in [0.1, 0.15) is 5.56 Å². The molecular formula is C14H11Cl3N2O3S. The summed E-state index contributed by atoms with van der Waals surface area (Å²) in [4.78, 5) is 11.7. The molecule has 0 atom stereocenters. The van der Waals surface area contributed by atoms with Crippen LogP contribution in [0, 0.1) is 0 Å². The van der Waals surface area contributed by atoms with E-state index in [1.165, 1.54) is 30.3 Å². The summed E-state index contributed by atoms with van der Waals surface area (Å²) in [6.07, 6.45) is 0. The molecule has 0 radical (unpaired) electrons. The lowest BCUT2D eigenvalue weighted by atomic mass is 10.2. The van der Waals surface area contributed by atoms with Gasteiger partial charge in [0.1, 0.15) is 0 Å². The Morgan fingerprint density at radius 2 is 1.57 bits per heavy atom. The van der Waals surface area contributed by atoms with Crippen LogP contribution in [0.5, 0.6) is 0 Å². The van der Waals surface area contributed by atoms with Gasteiger partial charge in [-0.1, -0.05) is 40.9 Å². The van der Waals surface area contributed by atoms with Crippen LogP contribution in [0.2, 0.25) is 15.1 Å². The topological polar surface area (TPSA) is 75.3 Å². The summed E-state index contributed by atoms with van der Waals surface area (Å²) < 4.78 is 25.9. The number of hydrogen-bond donors (Lipinski definition) is 2. The third kappa shape index (κ3) is 5.00. The zero-order valence-electron chi connectivity index (χ0n) is 11.5. The first-order chi connectivity index (χ1) is 10.8. The molecule has 0 aliphatic carbocycles. The van der Waals surface area contributed by atoms with E-state index in [0.29, 0.717) is 20.6 Å². The van der Waals surface area contributed by atoms with Crippen molar-refractivity contribution in [2.75, 3.05) is 0 Å². The highest BCUT2D eigenvalue weighted by Gasteiger charge is 2.17. The molecule has 0 aromatic heterocycles. The first-order valence-electron chi connectivity index (χ1n) is 6.28. The van der Waals surface area contributed by atoms with E-state index in [1.54, 1.807) is 12.1 Å². The van der Waals surface area contributed by atoms with Gasteiger partial charge in [0.15, 0.2) is 0 Å². The number of urea groups is 1. The molecule has 0 spiro atoms. The number of amides is 2. The van der Waals surface area contributed by atoms with E-state index >= 15 is 0 Å². The molecule has 0 aliphatic heterocycles. The first kappa shape index (κ1) is 17.9. The first-order valence-corrected chi connectivity index (χ1v) is 8.90. The minimum absolute atomic E-state index is 0.0535. The van der Waals surface area contributed by atoms with Gasteiger partial charge in [-0.3, -0.25) is 0 Å². The van der Waals surface area contributed by atoms with E-state index in [4.69, 9.17) is 34.8 Å². The molecule has 0 heterocycles. The lowest BCUT2D eigenvalue weighted by molar-refractivity contribution is 0.245. The summed E-state index contributed by atoms with van der Waals surface area (Å²) in [6, 6.07) is 9.35. The van der Waals surface area contributed by atoms with Crippen LogP contribution in [0.4, 0.5) is 4.79 Å². The van der Waals surface area contributed by atoms with Crippen molar-refractivity contribution in [3.63, 3.8) is 0 Å². The number of carbonyl (C=O) groups is 1. The Balaban J connectivity index is 2.00. The second kappa shape index (κ2) is 7.40. The van der Waals surface area contributed by atoms with Crippen LogP contribution in [-0.2, 0) is 16.6 Å². The van der Waals surface area contributed by atoms with Gasteiger partial charge in [-0.2, -0.15) is 0 Å². The zero-order valence-corrected chi connectivity index (χ0v) is 14.6. The maximum Gasteiger partial charge on any atom is 0.328 e. The number of hydrogen-bond acceptors (Lipinski definition) is 3. The number of halogens is 3. The normalized spacial score (nSPS) is 11.1. The maximum atomic E-state index is 12.0. The molecule has 23 heavy (non-hydrogen) atoms. The molecule has 0 saturated heterocycles. The number of carbonyl (C=O) groups excluding carboxylic acids is 1. The Labute approximate surface area is 148 Å². The van der Waals surface area contributed by atoms with Crippen LogP contribution in [0.3, 0.4) is 0 Å². The van der Waals surface area contributed by atoms with Gasteiger partial charge >= 0.3 is 6.03 Å². The Morgan fingerprint density at radius 1 is 0.957 bits per heavy atom. The SMILES string of the molecule is O=C(NCc1ccc(Cl)cc1Cl)NS(=O)(=O)c1ccc(Cl)cc1. The van der Waals surface area contributed by atoms with E-state index in [0.717, 1.165) is 0 Å². The summed E-state index contributed by atoms with van der Waals surface area (Å²) in [5.74, 6) is 0. The maximum absolute atomic E-state index is 12.0. The minimum atomic E-state index is -3.97. The largest absolute Gasteiger partial charge is 0.333 e. The van der Waals surface area contributed by atoms with Crippen molar-refractivity contribution in [3.05, 3.63) is 63.1 Å². The highest BCUT2D eigenvalue weighted by molar-refractivity contribution is 7.90. The third-order valence-electron chi connectivity index (χ3n) is 2.81. The summed E-state index contributed by atoms with van der Waals surface area (Å²) in [7, 11) is -3.97. The number of nitrogens with one attached hydrogen (secondary N) is 2. The highest BCUT2D eigenvalue weighted by Crippen LogP contribution is 2.20. The molecule has 122 valence electrons. The van der Waals surface area contributed by atoms with Crippen molar-refractivity contribution in [1.82, 2.24) is 10.0 Å². The lowest BCUT2D eigenvalue weighted by Gasteiger charge is -2.10. The second-order valence-corrected chi connectivity index (χ2v) is 7.44. The fourth-order valence-corrected chi connectivity index (χ4v) is 3.20.